The number of nitrogens with zero attached hydrogens (tertiary/aromatic N) is 2. The minimum atomic E-state index is -1.38. The van der Waals surface area contributed by atoms with Crippen LogP contribution in [0.15, 0.2) is 16.4 Å². The highest BCUT2D eigenvalue weighted by molar-refractivity contribution is 7.87. The lowest BCUT2D eigenvalue weighted by atomic mass is 10.1. The molecule has 0 aromatic carbocycles. The summed E-state index contributed by atoms with van der Waals surface area (Å²) in [6, 6.07) is 0. The van der Waals surface area contributed by atoms with E-state index in [0.29, 0.717) is 5.57 Å². The highest BCUT2D eigenvalue weighted by atomic mass is 32.2. The number of oxime groups is 1. The van der Waals surface area contributed by atoms with Gasteiger partial charge in [0, 0.05) is 5.75 Å². The van der Waals surface area contributed by atoms with Gasteiger partial charge in [-0.2, -0.15) is 0 Å². The minimum absolute atomic E-state index is 0.0291. The molecule has 2 aliphatic heterocycles. The number of carboxylic acids is 1. The lowest BCUT2D eigenvalue weighted by molar-refractivity contribution is -0.139. The number of rotatable bonds is 3. The standard InChI is InChI=1S/C10H12N2O5S/c1-3-17-11-6-8(13)12-7(10(14)15)5(2)4-18(16)9(6)12/h9H,3-4H2,1-2H3,(H,14,15)/b11-6-/t9-,18?/m1/s1. The Labute approximate surface area is 106 Å². The summed E-state index contributed by atoms with van der Waals surface area (Å²) in [5, 5.41) is 11.9. The molecule has 7 nitrogen and oxygen atoms in total. The highest BCUT2D eigenvalue weighted by Crippen LogP contribution is 2.32. The van der Waals surface area contributed by atoms with Crippen molar-refractivity contribution < 1.29 is 23.7 Å². The lowest BCUT2D eigenvalue weighted by Crippen LogP contribution is -2.66. The van der Waals surface area contributed by atoms with Crippen molar-refractivity contribution in [1.29, 1.82) is 0 Å². The third kappa shape index (κ3) is 1.72. The Balaban J connectivity index is 2.38. The van der Waals surface area contributed by atoms with Crippen molar-refractivity contribution in [2.45, 2.75) is 19.2 Å². The maximum Gasteiger partial charge on any atom is 0.352 e. The number of aliphatic carboxylic acids is 1. The molecule has 1 amide bonds. The first-order valence-corrected chi connectivity index (χ1v) is 6.70. The highest BCUT2D eigenvalue weighted by Gasteiger charge is 2.54. The normalized spacial score (nSPS) is 29.1. The molecule has 1 fully saturated rings. The summed E-state index contributed by atoms with van der Waals surface area (Å²) in [6.45, 7) is 3.55. The van der Waals surface area contributed by atoms with Gasteiger partial charge in [0.25, 0.3) is 5.91 Å². The Morgan fingerprint density at radius 3 is 2.89 bits per heavy atom. The van der Waals surface area contributed by atoms with Crippen molar-refractivity contribution in [3.63, 3.8) is 0 Å². The fourth-order valence-corrected chi connectivity index (χ4v) is 3.47. The average Bonchev–Trinajstić information content (AvgIpc) is 2.29. The molecule has 2 aliphatic rings. The zero-order chi connectivity index (χ0) is 13.4. The second kappa shape index (κ2) is 4.52. The number of carbonyl (C=O) groups excluding carboxylic acids is 1. The third-order valence-electron chi connectivity index (χ3n) is 2.65. The van der Waals surface area contributed by atoms with Crippen LogP contribution in [0.25, 0.3) is 0 Å². The summed E-state index contributed by atoms with van der Waals surface area (Å²) >= 11 is 0. The van der Waals surface area contributed by atoms with Crippen molar-refractivity contribution >= 4 is 28.4 Å². The van der Waals surface area contributed by atoms with Gasteiger partial charge in [0.1, 0.15) is 12.3 Å². The molecule has 2 atom stereocenters. The lowest BCUT2D eigenvalue weighted by Gasteiger charge is -2.43. The molecule has 0 bridgehead atoms. The number of carbonyl (C=O) groups is 2. The second-order valence-corrected chi connectivity index (χ2v) is 5.38. The molecular weight excluding hydrogens is 260 g/mol. The molecule has 18 heavy (non-hydrogen) atoms. The van der Waals surface area contributed by atoms with Gasteiger partial charge in [-0.15, -0.1) is 0 Å². The second-order valence-electron chi connectivity index (χ2n) is 3.88. The summed E-state index contributed by atoms with van der Waals surface area (Å²) in [6.07, 6.45) is 0. The number of fused-ring (bicyclic) bond motifs is 1. The molecule has 98 valence electrons. The molecule has 0 spiro atoms. The molecule has 0 aromatic heterocycles. The first kappa shape index (κ1) is 12.7. The van der Waals surface area contributed by atoms with E-state index < -0.39 is 28.0 Å². The van der Waals surface area contributed by atoms with Gasteiger partial charge in [-0.3, -0.25) is 13.9 Å². The first-order chi connectivity index (χ1) is 8.49. The van der Waals surface area contributed by atoms with E-state index in [4.69, 9.17) is 9.94 Å². The van der Waals surface area contributed by atoms with Crippen LogP contribution in [0.1, 0.15) is 13.8 Å². The molecule has 1 N–H and O–H groups in total. The summed E-state index contributed by atoms with van der Waals surface area (Å²) in [5.41, 5.74) is 0.363. The van der Waals surface area contributed by atoms with Crippen molar-refractivity contribution in [2.75, 3.05) is 12.4 Å². The van der Waals surface area contributed by atoms with Crippen LogP contribution in [-0.2, 0) is 25.2 Å². The van der Waals surface area contributed by atoms with E-state index in [1.165, 1.54) is 0 Å². The van der Waals surface area contributed by atoms with Crippen LogP contribution >= 0.6 is 0 Å². The first-order valence-electron chi connectivity index (χ1n) is 5.32. The van der Waals surface area contributed by atoms with Crippen molar-refractivity contribution in [3.05, 3.63) is 11.3 Å². The fraction of sp³-hybridized carbons (Fsp3) is 0.500. The summed E-state index contributed by atoms with van der Waals surface area (Å²) < 4.78 is 11.9. The van der Waals surface area contributed by atoms with Crippen LogP contribution in [0.2, 0.25) is 0 Å². The van der Waals surface area contributed by atoms with Crippen molar-refractivity contribution in [3.8, 4) is 0 Å². The van der Waals surface area contributed by atoms with Crippen LogP contribution in [-0.4, -0.2) is 49.5 Å². The van der Waals surface area contributed by atoms with Crippen molar-refractivity contribution in [1.82, 2.24) is 4.90 Å². The number of β-lactam (4-membered cyclic amide) rings is 1. The Kier molecular flexibility index (Phi) is 3.20. The molecule has 1 saturated heterocycles. The van der Waals surface area contributed by atoms with Gasteiger partial charge in [-0.25, -0.2) is 4.79 Å². The molecule has 0 radical (unpaired) electrons. The van der Waals surface area contributed by atoms with Gasteiger partial charge in [0.2, 0.25) is 0 Å². The maximum atomic E-state index is 11.9. The molecule has 2 heterocycles. The van der Waals surface area contributed by atoms with Crippen molar-refractivity contribution in [2.24, 2.45) is 5.16 Å². The minimum Gasteiger partial charge on any atom is -0.477 e. The average molecular weight is 272 g/mol. The number of hydrogen-bond donors (Lipinski definition) is 1. The molecule has 1 unspecified atom stereocenters. The van der Waals surface area contributed by atoms with Gasteiger partial charge < -0.3 is 9.94 Å². The van der Waals surface area contributed by atoms with Crippen LogP contribution < -0.4 is 0 Å². The van der Waals surface area contributed by atoms with E-state index in [0.717, 1.165) is 4.90 Å². The van der Waals surface area contributed by atoms with E-state index in [1.54, 1.807) is 13.8 Å². The van der Waals surface area contributed by atoms with E-state index >= 15 is 0 Å². The Bertz CT molecular complexity index is 510. The topological polar surface area (TPSA) is 96.3 Å². The van der Waals surface area contributed by atoms with Crippen LogP contribution in [0.5, 0.6) is 0 Å². The molecule has 2 rings (SSSR count). The largest absolute Gasteiger partial charge is 0.477 e. The molecule has 0 aliphatic carbocycles. The summed E-state index contributed by atoms with van der Waals surface area (Å²) in [5.74, 6) is -1.63. The zero-order valence-electron chi connectivity index (χ0n) is 9.87. The predicted octanol–water partition coefficient (Wildman–Crippen LogP) is -0.332. The van der Waals surface area contributed by atoms with Gasteiger partial charge in [-0.05, 0) is 19.4 Å². The van der Waals surface area contributed by atoms with E-state index in [9.17, 15) is 13.8 Å². The van der Waals surface area contributed by atoms with Gasteiger partial charge in [-0.1, -0.05) is 5.16 Å². The Morgan fingerprint density at radius 1 is 1.67 bits per heavy atom. The van der Waals surface area contributed by atoms with E-state index in [1.807, 2.05) is 0 Å². The van der Waals surface area contributed by atoms with E-state index in [-0.39, 0.29) is 23.8 Å². The molecular formula is C10H12N2O5S. The summed E-state index contributed by atoms with van der Waals surface area (Å²) in [7, 11) is -1.38. The predicted molar refractivity (Wildman–Crippen MR) is 63.0 cm³/mol. The van der Waals surface area contributed by atoms with Gasteiger partial charge in [0.15, 0.2) is 11.1 Å². The number of carboxylic acid groups (broad SMARTS) is 1. The number of hydrogen-bond acceptors (Lipinski definition) is 5. The molecule has 8 heteroatoms. The third-order valence-corrected chi connectivity index (χ3v) is 4.30. The van der Waals surface area contributed by atoms with Gasteiger partial charge in [0.05, 0.1) is 10.8 Å². The van der Waals surface area contributed by atoms with E-state index in [2.05, 4.69) is 5.16 Å². The summed E-state index contributed by atoms with van der Waals surface area (Å²) in [4.78, 5) is 28.7. The Hall–Kier alpha value is -1.70. The smallest absolute Gasteiger partial charge is 0.352 e. The molecule has 0 aromatic rings. The monoisotopic (exact) mass is 272 g/mol. The molecule has 0 saturated carbocycles. The van der Waals surface area contributed by atoms with Crippen LogP contribution in [0.3, 0.4) is 0 Å². The van der Waals surface area contributed by atoms with Crippen LogP contribution in [0, 0.1) is 0 Å². The van der Waals surface area contributed by atoms with Gasteiger partial charge >= 0.3 is 5.97 Å². The fourth-order valence-electron chi connectivity index (χ4n) is 1.92. The zero-order valence-corrected chi connectivity index (χ0v) is 10.7. The SMILES string of the molecule is CCO/N=C1/C(=O)N2C(C(=O)O)=C(C)CS(=O)[C@H]12. The Morgan fingerprint density at radius 2 is 2.33 bits per heavy atom. The van der Waals surface area contributed by atoms with Crippen LogP contribution in [0.4, 0.5) is 0 Å². The quantitative estimate of drug-likeness (QED) is 0.560. The maximum absolute atomic E-state index is 11.9. The number of amides is 1.